The van der Waals surface area contributed by atoms with Gasteiger partial charge in [-0.15, -0.1) is 0 Å². The molecule has 23 heavy (non-hydrogen) atoms. The summed E-state index contributed by atoms with van der Waals surface area (Å²) in [6.07, 6.45) is 2.34. The molecule has 0 spiro atoms. The van der Waals surface area contributed by atoms with E-state index in [1.807, 2.05) is 0 Å². The number of alkyl carbamates (subject to hydrolysis) is 1. The van der Waals surface area contributed by atoms with Gasteiger partial charge in [0.2, 0.25) is 0 Å². The molecule has 0 aliphatic rings. The average Bonchev–Trinajstić information content (AvgIpc) is 2.41. The molecule has 8 nitrogen and oxygen atoms in total. The first-order valence-electron chi connectivity index (χ1n) is 6.75. The molecular formula is C15H18N2O6. The fourth-order valence-corrected chi connectivity index (χ4v) is 1.62. The number of nitro benzene ring substituents is 1. The Kier molecular flexibility index (Phi) is 5.83. The number of nitrogens with zero attached hydrogens (tertiary/aromatic N) is 1. The second-order valence-electron chi connectivity index (χ2n) is 5.62. The lowest BCUT2D eigenvalue weighted by Gasteiger charge is -2.19. The van der Waals surface area contributed by atoms with Gasteiger partial charge in [0, 0.05) is 12.6 Å². The van der Waals surface area contributed by atoms with Crippen LogP contribution < -0.4 is 5.32 Å². The minimum absolute atomic E-state index is 0.118. The van der Waals surface area contributed by atoms with Crippen LogP contribution in [0.15, 0.2) is 24.3 Å². The van der Waals surface area contributed by atoms with Gasteiger partial charge in [-0.1, -0.05) is 12.2 Å². The predicted molar refractivity (Wildman–Crippen MR) is 83.3 cm³/mol. The Bertz CT molecular complexity index is 646. The first-order valence-corrected chi connectivity index (χ1v) is 6.75. The Morgan fingerprint density at radius 2 is 2.04 bits per heavy atom. The fraction of sp³-hybridized carbons (Fsp3) is 0.333. The zero-order chi connectivity index (χ0) is 17.6. The van der Waals surface area contributed by atoms with Crippen LogP contribution in [0.3, 0.4) is 0 Å². The minimum Gasteiger partial charge on any atom is -0.478 e. The van der Waals surface area contributed by atoms with E-state index in [-0.39, 0.29) is 23.4 Å². The molecule has 1 aromatic rings. The number of carboxylic acid groups (broad SMARTS) is 1. The van der Waals surface area contributed by atoms with Crippen LogP contribution in [0.25, 0.3) is 6.08 Å². The van der Waals surface area contributed by atoms with Crippen LogP contribution in [0.2, 0.25) is 0 Å². The van der Waals surface area contributed by atoms with Crippen molar-refractivity contribution < 1.29 is 24.4 Å². The van der Waals surface area contributed by atoms with E-state index in [2.05, 4.69) is 5.32 Å². The molecule has 0 radical (unpaired) electrons. The van der Waals surface area contributed by atoms with E-state index in [4.69, 9.17) is 9.84 Å². The van der Waals surface area contributed by atoms with E-state index in [0.29, 0.717) is 0 Å². The summed E-state index contributed by atoms with van der Waals surface area (Å²) in [5.41, 5.74) is -0.857. The van der Waals surface area contributed by atoms with E-state index in [1.165, 1.54) is 24.3 Å². The summed E-state index contributed by atoms with van der Waals surface area (Å²) >= 11 is 0. The number of carbonyl (C=O) groups excluding carboxylic acids is 1. The molecule has 1 rings (SSSR count). The van der Waals surface area contributed by atoms with Crippen molar-refractivity contribution in [3.8, 4) is 0 Å². The molecule has 0 atom stereocenters. The number of amides is 1. The molecule has 0 aromatic heterocycles. The Morgan fingerprint density at radius 3 is 2.57 bits per heavy atom. The molecule has 8 heteroatoms. The third-order valence-corrected chi connectivity index (χ3v) is 2.53. The lowest BCUT2D eigenvalue weighted by atomic mass is 10.1. The van der Waals surface area contributed by atoms with Crippen LogP contribution >= 0.6 is 0 Å². The molecule has 1 amide bonds. The molecule has 0 fully saturated rings. The zero-order valence-corrected chi connectivity index (χ0v) is 13.0. The van der Waals surface area contributed by atoms with E-state index in [1.54, 1.807) is 20.8 Å². The highest BCUT2D eigenvalue weighted by Crippen LogP contribution is 2.21. The van der Waals surface area contributed by atoms with Gasteiger partial charge in [-0.3, -0.25) is 10.1 Å². The largest absolute Gasteiger partial charge is 0.478 e. The number of carboxylic acids is 1. The number of benzene rings is 1. The first-order chi connectivity index (χ1) is 10.6. The van der Waals surface area contributed by atoms with E-state index in [9.17, 15) is 19.7 Å². The van der Waals surface area contributed by atoms with Crippen molar-refractivity contribution in [2.24, 2.45) is 0 Å². The van der Waals surface area contributed by atoms with Gasteiger partial charge >= 0.3 is 12.1 Å². The highest BCUT2D eigenvalue weighted by molar-refractivity contribution is 5.89. The molecule has 0 bridgehead atoms. The van der Waals surface area contributed by atoms with Gasteiger partial charge in [0.25, 0.3) is 5.69 Å². The standard InChI is InChI=1S/C15H18N2O6/c1-15(2,3)23-14(20)16-8-4-5-10-6-7-11(13(18)19)9-12(10)17(21)22/h4-7,9H,8H2,1-3H3,(H,16,20)(H,18,19). The lowest BCUT2D eigenvalue weighted by molar-refractivity contribution is -0.385. The maximum Gasteiger partial charge on any atom is 0.407 e. The third kappa shape index (κ3) is 6.16. The van der Waals surface area contributed by atoms with Crippen molar-refractivity contribution in [3.63, 3.8) is 0 Å². The highest BCUT2D eigenvalue weighted by atomic mass is 16.6. The molecule has 0 heterocycles. The molecule has 124 valence electrons. The number of aromatic carboxylic acids is 1. The molecule has 0 unspecified atom stereocenters. The average molecular weight is 322 g/mol. The van der Waals surface area contributed by atoms with Crippen LogP contribution in [0.5, 0.6) is 0 Å². The Balaban J connectivity index is 2.75. The van der Waals surface area contributed by atoms with Crippen molar-refractivity contribution in [3.05, 3.63) is 45.5 Å². The number of carbonyl (C=O) groups is 2. The third-order valence-electron chi connectivity index (χ3n) is 2.53. The van der Waals surface area contributed by atoms with Crippen molar-refractivity contribution in [2.45, 2.75) is 26.4 Å². The molecule has 2 N–H and O–H groups in total. The number of rotatable bonds is 5. The molecule has 0 aliphatic heterocycles. The normalized spacial score (nSPS) is 11.3. The fourth-order valence-electron chi connectivity index (χ4n) is 1.62. The zero-order valence-electron chi connectivity index (χ0n) is 13.0. The summed E-state index contributed by atoms with van der Waals surface area (Å²) in [7, 11) is 0. The van der Waals surface area contributed by atoms with Gasteiger partial charge < -0.3 is 15.2 Å². The van der Waals surface area contributed by atoms with Crippen LogP contribution in [0.4, 0.5) is 10.5 Å². The van der Waals surface area contributed by atoms with Gasteiger partial charge in [0.1, 0.15) is 5.60 Å². The summed E-state index contributed by atoms with van der Waals surface area (Å²) in [4.78, 5) is 32.6. The van der Waals surface area contributed by atoms with Gasteiger partial charge in [0.15, 0.2) is 0 Å². The Morgan fingerprint density at radius 1 is 1.39 bits per heavy atom. The van der Waals surface area contributed by atoms with E-state index >= 15 is 0 Å². The summed E-state index contributed by atoms with van der Waals surface area (Å²) < 4.78 is 5.04. The summed E-state index contributed by atoms with van der Waals surface area (Å²) in [6, 6.07) is 3.60. The maximum atomic E-state index is 11.4. The van der Waals surface area contributed by atoms with E-state index in [0.717, 1.165) is 6.07 Å². The number of nitro groups is 1. The second kappa shape index (κ2) is 7.39. The molecule has 0 saturated heterocycles. The van der Waals surface area contributed by atoms with Crippen molar-refractivity contribution in [1.82, 2.24) is 5.32 Å². The van der Waals surface area contributed by atoms with Crippen molar-refractivity contribution in [1.29, 1.82) is 0 Å². The molecule has 0 saturated carbocycles. The quantitative estimate of drug-likeness (QED) is 0.635. The number of nitrogens with one attached hydrogen (secondary N) is 1. The molecular weight excluding hydrogens is 304 g/mol. The van der Waals surface area contributed by atoms with Crippen LogP contribution in [0.1, 0.15) is 36.7 Å². The van der Waals surface area contributed by atoms with Crippen LogP contribution in [-0.4, -0.2) is 34.2 Å². The summed E-state index contributed by atoms with van der Waals surface area (Å²) in [6.45, 7) is 5.31. The summed E-state index contributed by atoms with van der Waals surface area (Å²) in [5.74, 6) is -1.24. The van der Waals surface area contributed by atoms with E-state index < -0.39 is 22.6 Å². The predicted octanol–water partition coefficient (Wildman–Crippen LogP) is 2.83. The Labute approximate surface area is 132 Å². The topological polar surface area (TPSA) is 119 Å². The number of hydrogen-bond acceptors (Lipinski definition) is 5. The highest BCUT2D eigenvalue weighted by Gasteiger charge is 2.16. The smallest absolute Gasteiger partial charge is 0.407 e. The minimum atomic E-state index is -1.24. The molecule has 0 aliphatic carbocycles. The summed E-state index contributed by atoms with van der Waals surface area (Å²) in [5, 5.41) is 22.3. The van der Waals surface area contributed by atoms with Crippen molar-refractivity contribution in [2.75, 3.05) is 6.54 Å². The first kappa shape index (κ1) is 18.1. The van der Waals surface area contributed by atoms with Gasteiger partial charge in [-0.2, -0.15) is 0 Å². The van der Waals surface area contributed by atoms with Gasteiger partial charge in [0.05, 0.1) is 16.1 Å². The van der Waals surface area contributed by atoms with Crippen LogP contribution in [-0.2, 0) is 4.74 Å². The lowest BCUT2D eigenvalue weighted by Crippen LogP contribution is -2.32. The number of ether oxygens (including phenoxy) is 1. The Hall–Kier alpha value is -2.90. The molecule has 1 aromatic carbocycles. The van der Waals surface area contributed by atoms with Gasteiger partial charge in [-0.05, 0) is 32.9 Å². The van der Waals surface area contributed by atoms with Crippen molar-refractivity contribution >= 4 is 23.8 Å². The SMILES string of the molecule is CC(C)(C)OC(=O)NCC=Cc1ccc(C(=O)O)cc1[N+](=O)[O-]. The maximum absolute atomic E-state index is 11.4. The monoisotopic (exact) mass is 322 g/mol. The van der Waals surface area contributed by atoms with Gasteiger partial charge in [-0.25, -0.2) is 9.59 Å². The second-order valence-corrected chi connectivity index (χ2v) is 5.62. The van der Waals surface area contributed by atoms with Crippen LogP contribution in [0, 0.1) is 10.1 Å². The number of hydrogen-bond donors (Lipinski definition) is 2.